The van der Waals surface area contributed by atoms with Crippen LogP contribution in [0.2, 0.25) is 0 Å². The average Bonchev–Trinajstić information content (AvgIpc) is 2.55. The Morgan fingerprint density at radius 1 is 1.52 bits per heavy atom. The van der Waals surface area contributed by atoms with Crippen molar-refractivity contribution in [3.8, 4) is 11.8 Å². The van der Waals surface area contributed by atoms with Gasteiger partial charge in [0.05, 0.1) is 38.5 Å². The predicted molar refractivity (Wildman–Crippen MR) is 83.0 cm³/mol. The number of methoxy groups -OCH3 is 1. The number of nitriles is 1. The van der Waals surface area contributed by atoms with Gasteiger partial charge in [0, 0.05) is 49.5 Å². The monoisotopic (exact) mass is 318 g/mol. The molecule has 1 aromatic heterocycles. The van der Waals surface area contributed by atoms with E-state index in [-0.39, 0.29) is 18.5 Å². The van der Waals surface area contributed by atoms with Crippen LogP contribution in [0.5, 0.6) is 5.75 Å². The minimum absolute atomic E-state index is 0.242. The van der Waals surface area contributed by atoms with Crippen molar-refractivity contribution in [1.82, 2.24) is 15.2 Å². The Morgan fingerprint density at radius 2 is 2.26 bits per heavy atom. The number of nitrogens with one attached hydrogen (secondary N) is 1. The Labute approximate surface area is 135 Å². The Morgan fingerprint density at radius 3 is 2.91 bits per heavy atom. The molecule has 0 aromatic carbocycles. The number of aliphatic hydroxyl groups is 1. The lowest BCUT2D eigenvalue weighted by Gasteiger charge is -2.46. The Kier molecular flexibility index (Phi) is 5.08. The van der Waals surface area contributed by atoms with E-state index < -0.39 is 6.10 Å². The molecule has 23 heavy (non-hydrogen) atoms. The summed E-state index contributed by atoms with van der Waals surface area (Å²) in [5, 5.41) is 22.8. The van der Waals surface area contributed by atoms with E-state index in [0.717, 1.165) is 18.7 Å². The molecule has 0 saturated carbocycles. The molecule has 2 aliphatic heterocycles. The van der Waals surface area contributed by atoms with Crippen molar-refractivity contribution in [2.24, 2.45) is 0 Å². The molecular formula is C16H22N4O3. The summed E-state index contributed by atoms with van der Waals surface area (Å²) in [5.41, 5.74) is 1.31. The van der Waals surface area contributed by atoms with Crippen molar-refractivity contribution in [1.29, 1.82) is 5.26 Å². The number of morpholine rings is 1. The van der Waals surface area contributed by atoms with Crippen molar-refractivity contribution in [3.05, 3.63) is 23.5 Å². The molecule has 2 saturated heterocycles. The van der Waals surface area contributed by atoms with Crippen LogP contribution in [-0.4, -0.2) is 67.0 Å². The highest BCUT2D eigenvalue weighted by Crippen LogP contribution is 2.25. The van der Waals surface area contributed by atoms with E-state index in [1.165, 1.54) is 0 Å². The number of aromatic nitrogens is 1. The van der Waals surface area contributed by atoms with E-state index >= 15 is 0 Å². The normalized spacial score (nSPS) is 25.6. The van der Waals surface area contributed by atoms with Crippen LogP contribution in [0.4, 0.5) is 0 Å². The minimum Gasteiger partial charge on any atom is -0.496 e. The van der Waals surface area contributed by atoms with E-state index in [9.17, 15) is 5.11 Å². The van der Waals surface area contributed by atoms with Crippen molar-refractivity contribution < 1.29 is 14.6 Å². The van der Waals surface area contributed by atoms with Crippen molar-refractivity contribution in [2.75, 3.05) is 40.0 Å². The van der Waals surface area contributed by atoms with Gasteiger partial charge in [0.2, 0.25) is 0 Å². The molecule has 3 rings (SSSR count). The number of piperazine rings is 1. The molecule has 0 spiro atoms. The number of rotatable bonds is 5. The summed E-state index contributed by atoms with van der Waals surface area (Å²) in [6, 6.07) is 4.39. The van der Waals surface area contributed by atoms with Gasteiger partial charge in [-0.15, -0.1) is 0 Å². The van der Waals surface area contributed by atoms with Crippen LogP contribution in [0.1, 0.15) is 17.4 Å². The topological polar surface area (TPSA) is 90.6 Å². The van der Waals surface area contributed by atoms with Gasteiger partial charge < -0.3 is 19.9 Å². The van der Waals surface area contributed by atoms with Gasteiger partial charge in [-0.05, 0) is 0 Å². The highest BCUT2D eigenvalue weighted by Gasteiger charge is 2.35. The fourth-order valence-electron chi connectivity index (χ4n) is 3.26. The molecule has 2 bridgehead atoms. The van der Waals surface area contributed by atoms with Crippen LogP contribution in [-0.2, 0) is 11.2 Å². The summed E-state index contributed by atoms with van der Waals surface area (Å²) < 4.78 is 10.9. The number of pyridine rings is 1. The van der Waals surface area contributed by atoms with Gasteiger partial charge in [0.25, 0.3) is 0 Å². The van der Waals surface area contributed by atoms with Crippen LogP contribution >= 0.6 is 0 Å². The van der Waals surface area contributed by atoms with Gasteiger partial charge in [-0.25, -0.2) is 0 Å². The molecule has 3 unspecified atom stereocenters. The highest BCUT2D eigenvalue weighted by molar-refractivity contribution is 5.35. The second-order valence-electron chi connectivity index (χ2n) is 5.97. The zero-order valence-corrected chi connectivity index (χ0v) is 13.2. The van der Waals surface area contributed by atoms with E-state index in [1.54, 1.807) is 19.4 Å². The Balaban J connectivity index is 1.73. The van der Waals surface area contributed by atoms with E-state index in [2.05, 4.69) is 21.3 Å². The quantitative estimate of drug-likeness (QED) is 0.781. The third-order valence-corrected chi connectivity index (χ3v) is 4.50. The van der Waals surface area contributed by atoms with Gasteiger partial charge in [-0.3, -0.25) is 9.88 Å². The molecule has 3 atom stereocenters. The number of aliphatic hydroxyl groups excluding tert-OH is 1. The van der Waals surface area contributed by atoms with Gasteiger partial charge in [0.1, 0.15) is 11.9 Å². The largest absolute Gasteiger partial charge is 0.496 e. The molecule has 2 aliphatic rings. The second-order valence-corrected chi connectivity index (χ2v) is 5.97. The molecule has 0 amide bonds. The molecular weight excluding hydrogens is 296 g/mol. The zero-order valence-electron chi connectivity index (χ0n) is 13.2. The number of nitrogens with zero attached hydrogens (tertiary/aromatic N) is 3. The highest BCUT2D eigenvalue weighted by atomic mass is 16.5. The third-order valence-electron chi connectivity index (χ3n) is 4.50. The number of fused-ring (bicyclic) bond motifs is 2. The van der Waals surface area contributed by atoms with Crippen LogP contribution in [0.3, 0.4) is 0 Å². The van der Waals surface area contributed by atoms with E-state index in [4.69, 9.17) is 14.7 Å². The SMILES string of the molecule is COc1cc(C(O)CN2C3CNCC2COC3)ncc1CC#N. The van der Waals surface area contributed by atoms with Gasteiger partial charge >= 0.3 is 0 Å². The first-order valence-electron chi connectivity index (χ1n) is 7.85. The van der Waals surface area contributed by atoms with Gasteiger partial charge in [0.15, 0.2) is 0 Å². The lowest BCUT2D eigenvalue weighted by molar-refractivity contribution is -0.0796. The molecule has 0 aliphatic carbocycles. The van der Waals surface area contributed by atoms with Crippen LogP contribution in [0, 0.1) is 11.3 Å². The number of ether oxygens (including phenoxy) is 2. The fourth-order valence-corrected chi connectivity index (χ4v) is 3.26. The molecule has 1 aromatic rings. The number of hydrogen-bond acceptors (Lipinski definition) is 7. The first-order chi connectivity index (χ1) is 11.2. The Hall–Kier alpha value is -1.72. The molecule has 2 N–H and O–H groups in total. The molecule has 0 radical (unpaired) electrons. The van der Waals surface area contributed by atoms with Gasteiger partial charge in [-0.1, -0.05) is 0 Å². The lowest BCUT2D eigenvalue weighted by Crippen LogP contribution is -2.64. The van der Waals surface area contributed by atoms with E-state index in [0.29, 0.717) is 31.2 Å². The maximum absolute atomic E-state index is 10.6. The fraction of sp³-hybridized carbons (Fsp3) is 0.625. The van der Waals surface area contributed by atoms with Crippen molar-refractivity contribution in [2.45, 2.75) is 24.6 Å². The molecule has 3 heterocycles. The van der Waals surface area contributed by atoms with Crippen LogP contribution in [0.25, 0.3) is 0 Å². The second kappa shape index (κ2) is 7.23. The molecule has 7 heteroatoms. The first kappa shape index (κ1) is 16.1. The summed E-state index contributed by atoms with van der Waals surface area (Å²) in [6.45, 7) is 3.65. The zero-order chi connectivity index (χ0) is 16.2. The Bertz CT molecular complexity index is 567. The summed E-state index contributed by atoms with van der Waals surface area (Å²) in [7, 11) is 1.56. The van der Waals surface area contributed by atoms with Crippen LogP contribution < -0.4 is 10.1 Å². The number of hydrogen-bond donors (Lipinski definition) is 2. The lowest BCUT2D eigenvalue weighted by atomic mass is 10.0. The van der Waals surface area contributed by atoms with Gasteiger partial charge in [-0.2, -0.15) is 5.26 Å². The maximum atomic E-state index is 10.6. The smallest absolute Gasteiger partial charge is 0.126 e. The predicted octanol–water partition coefficient (Wildman–Crippen LogP) is -0.138. The molecule has 7 nitrogen and oxygen atoms in total. The first-order valence-corrected chi connectivity index (χ1v) is 7.85. The van der Waals surface area contributed by atoms with Crippen LogP contribution in [0.15, 0.2) is 12.3 Å². The van der Waals surface area contributed by atoms with Crippen molar-refractivity contribution in [3.63, 3.8) is 0 Å². The summed E-state index contributed by atoms with van der Waals surface area (Å²) >= 11 is 0. The minimum atomic E-state index is -0.693. The average molecular weight is 318 g/mol. The maximum Gasteiger partial charge on any atom is 0.126 e. The standard InChI is InChI=1S/C16H22N4O3/c1-22-16-4-14(19-5-11(16)2-3-17)15(21)8-20-12-6-18-7-13(20)10-23-9-12/h4-5,12-13,15,18,21H,2,6-10H2,1H3. The summed E-state index contributed by atoms with van der Waals surface area (Å²) in [6.07, 6.45) is 1.16. The van der Waals surface area contributed by atoms with E-state index in [1.807, 2.05) is 0 Å². The molecule has 124 valence electrons. The summed E-state index contributed by atoms with van der Waals surface area (Å²) in [4.78, 5) is 6.62. The van der Waals surface area contributed by atoms with Crippen molar-refractivity contribution >= 4 is 0 Å². The third kappa shape index (κ3) is 3.46. The summed E-state index contributed by atoms with van der Waals surface area (Å²) in [5.74, 6) is 0.597. The molecule has 2 fully saturated rings.